The van der Waals surface area contributed by atoms with Gasteiger partial charge in [-0.1, -0.05) is 46.3 Å². The van der Waals surface area contributed by atoms with Crippen LogP contribution in [-0.4, -0.2) is 63.0 Å². The Morgan fingerprint density at radius 2 is 1.70 bits per heavy atom. The largest absolute Gasteiger partial charge is 0.339 e. The van der Waals surface area contributed by atoms with Gasteiger partial charge in [0, 0.05) is 23.1 Å². The van der Waals surface area contributed by atoms with Crippen LogP contribution in [0.3, 0.4) is 0 Å². The van der Waals surface area contributed by atoms with Gasteiger partial charge in [0.15, 0.2) is 0 Å². The Kier molecular flexibility index (Phi) is 5.16. The van der Waals surface area contributed by atoms with E-state index in [2.05, 4.69) is 15.9 Å². The molecule has 4 amide bonds. The second kappa shape index (κ2) is 7.80. The zero-order chi connectivity index (χ0) is 23.5. The van der Waals surface area contributed by atoms with Gasteiger partial charge in [-0.2, -0.15) is 0 Å². The van der Waals surface area contributed by atoms with Crippen molar-refractivity contribution in [3.63, 3.8) is 0 Å². The summed E-state index contributed by atoms with van der Waals surface area (Å²) in [7, 11) is 0. The van der Waals surface area contributed by atoms with Crippen LogP contribution in [0.15, 0.2) is 59.1 Å². The fraction of sp³-hybridized carbons (Fsp3) is 0.360. The Labute approximate surface area is 200 Å². The quantitative estimate of drug-likeness (QED) is 0.593. The van der Waals surface area contributed by atoms with Crippen molar-refractivity contribution in [1.29, 1.82) is 0 Å². The van der Waals surface area contributed by atoms with Crippen LogP contribution < -0.4 is 0 Å². The van der Waals surface area contributed by atoms with Gasteiger partial charge < -0.3 is 9.80 Å². The molecule has 0 aliphatic carbocycles. The van der Waals surface area contributed by atoms with E-state index in [1.807, 2.05) is 37.3 Å². The van der Waals surface area contributed by atoms with Crippen LogP contribution in [-0.2, 0) is 20.9 Å². The van der Waals surface area contributed by atoms with Crippen molar-refractivity contribution >= 4 is 39.6 Å². The molecule has 2 aromatic rings. The lowest BCUT2D eigenvalue weighted by Gasteiger charge is -2.47. The third kappa shape index (κ3) is 3.07. The van der Waals surface area contributed by atoms with Gasteiger partial charge in [-0.15, -0.1) is 0 Å². The van der Waals surface area contributed by atoms with Gasteiger partial charge in [0.05, 0.1) is 24.4 Å². The number of benzene rings is 2. The van der Waals surface area contributed by atoms with Crippen LogP contribution in [0.1, 0.15) is 29.8 Å². The van der Waals surface area contributed by atoms with Crippen LogP contribution in [0.4, 0.5) is 0 Å². The SMILES string of the molecule is CCN1CC2C3C(=O)N(Cc4ccccc4)C(=O)C3[C@](C)(C1=O)N2C(=O)c1ccc(Br)cc1. The lowest BCUT2D eigenvalue weighted by Crippen LogP contribution is -2.68. The number of halogens is 1. The summed E-state index contributed by atoms with van der Waals surface area (Å²) in [6.07, 6.45) is 0. The van der Waals surface area contributed by atoms with Crippen molar-refractivity contribution in [2.75, 3.05) is 13.1 Å². The first-order chi connectivity index (χ1) is 15.8. The molecule has 0 radical (unpaired) electrons. The summed E-state index contributed by atoms with van der Waals surface area (Å²) >= 11 is 3.37. The molecule has 2 bridgehead atoms. The fourth-order valence-corrected chi connectivity index (χ4v) is 6.00. The second-order valence-corrected chi connectivity index (χ2v) is 9.91. The van der Waals surface area contributed by atoms with Gasteiger partial charge >= 0.3 is 0 Å². The number of fused-ring (bicyclic) bond motifs is 5. The molecule has 33 heavy (non-hydrogen) atoms. The molecule has 0 aromatic heterocycles. The predicted molar refractivity (Wildman–Crippen MR) is 124 cm³/mol. The number of likely N-dealkylation sites (tertiary alicyclic amines) is 2. The zero-order valence-electron chi connectivity index (χ0n) is 18.4. The van der Waals surface area contributed by atoms with E-state index in [-0.39, 0.29) is 36.7 Å². The Balaban J connectivity index is 1.56. The van der Waals surface area contributed by atoms with E-state index in [1.54, 1.807) is 36.1 Å². The van der Waals surface area contributed by atoms with E-state index in [0.717, 1.165) is 10.0 Å². The molecule has 3 saturated heterocycles. The number of hydrogen-bond acceptors (Lipinski definition) is 4. The van der Waals surface area contributed by atoms with Gasteiger partial charge in [0.1, 0.15) is 5.54 Å². The summed E-state index contributed by atoms with van der Waals surface area (Å²) in [5.74, 6) is -2.90. The summed E-state index contributed by atoms with van der Waals surface area (Å²) in [4.78, 5) is 58.9. The van der Waals surface area contributed by atoms with E-state index in [4.69, 9.17) is 0 Å². The highest BCUT2D eigenvalue weighted by atomic mass is 79.9. The van der Waals surface area contributed by atoms with Gasteiger partial charge in [-0.3, -0.25) is 24.1 Å². The molecule has 3 fully saturated rings. The number of hydrogen-bond donors (Lipinski definition) is 0. The van der Waals surface area contributed by atoms with Crippen LogP contribution in [0.5, 0.6) is 0 Å². The highest BCUT2D eigenvalue weighted by Crippen LogP contribution is 2.52. The van der Waals surface area contributed by atoms with Crippen molar-refractivity contribution in [2.24, 2.45) is 11.8 Å². The van der Waals surface area contributed by atoms with E-state index < -0.39 is 23.4 Å². The van der Waals surface area contributed by atoms with Crippen molar-refractivity contribution in [1.82, 2.24) is 14.7 Å². The molecule has 3 aliphatic heterocycles. The average Bonchev–Trinajstić information content (AvgIpc) is 3.19. The highest BCUT2D eigenvalue weighted by Gasteiger charge is 2.73. The maximum atomic E-state index is 13.6. The molecule has 170 valence electrons. The molecular formula is C25H24BrN3O4. The minimum atomic E-state index is -1.41. The number of nitrogens with zero attached hydrogens (tertiary/aromatic N) is 3. The van der Waals surface area contributed by atoms with E-state index in [1.165, 1.54) is 9.80 Å². The normalized spacial score (nSPS) is 28.5. The summed E-state index contributed by atoms with van der Waals surface area (Å²) in [5.41, 5.74) is -0.140. The van der Waals surface area contributed by atoms with E-state index in [9.17, 15) is 19.2 Å². The molecule has 7 nitrogen and oxygen atoms in total. The lowest BCUT2D eigenvalue weighted by atomic mass is 9.81. The predicted octanol–water partition coefficient (Wildman–Crippen LogP) is 2.70. The van der Waals surface area contributed by atoms with E-state index >= 15 is 0 Å². The second-order valence-electron chi connectivity index (χ2n) is 8.99. The Hall–Kier alpha value is -3.00. The van der Waals surface area contributed by atoms with Gasteiger partial charge in [-0.25, -0.2) is 0 Å². The molecule has 8 heteroatoms. The van der Waals surface area contributed by atoms with Gasteiger partial charge in [0.2, 0.25) is 17.7 Å². The summed E-state index contributed by atoms with van der Waals surface area (Å²) < 4.78 is 0.832. The van der Waals surface area contributed by atoms with Crippen LogP contribution in [0, 0.1) is 11.8 Å². The molecule has 5 rings (SSSR count). The first-order valence-electron chi connectivity index (χ1n) is 11.1. The highest BCUT2D eigenvalue weighted by molar-refractivity contribution is 9.10. The smallest absolute Gasteiger partial charge is 0.255 e. The first-order valence-corrected chi connectivity index (χ1v) is 11.9. The van der Waals surface area contributed by atoms with Crippen LogP contribution in [0.2, 0.25) is 0 Å². The topological polar surface area (TPSA) is 78.0 Å². The number of piperazine rings is 1. The third-order valence-corrected chi connectivity index (χ3v) is 7.83. The lowest BCUT2D eigenvalue weighted by molar-refractivity contribution is -0.155. The van der Waals surface area contributed by atoms with Gasteiger partial charge in [-0.05, 0) is 43.7 Å². The molecule has 2 aromatic carbocycles. The minimum absolute atomic E-state index is 0.167. The van der Waals surface area contributed by atoms with Crippen molar-refractivity contribution in [3.05, 3.63) is 70.2 Å². The molecule has 3 aliphatic rings. The number of carbonyl (C=O) groups is 4. The van der Waals surface area contributed by atoms with Crippen LogP contribution >= 0.6 is 15.9 Å². The Morgan fingerprint density at radius 1 is 1.03 bits per heavy atom. The number of rotatable bonds is 4. The van der Waals surface area contributed by atoms with Crippen molar-refractivity contribution in [3.8, 4) is 0 Å². The summed E-state index contributed by atoms with van der Waals surface area (Å²) in [6, 6.07) is 15.7. The zero-order valence-corrected chi connectivity index (χ0v) is 20.0. The molecule has 0 saturated carbocycles. The Morgan fingerprint density at radius 3 is 2.33 bits per heavy atom. The number of likely N-dealkylation sites (N-methyl/N-ethyl adjacent to an activating group) is 1. The summed E-state index contributed by atoms with van der Waals surface area (Å²) in [6.45, 7) is 4.39. The molecule has 3 unspecified atom stereocenters. The maximum absolute atomic E-state index is 13.6. The fourth-order valence-electron chi connectivity index (χ4n) is 5.73. The maximum Gasteiger partial charge on any atom is 0.255 e. The number of carbonyl (C=O) groups excluding carboxylic acids is 4. The first kappa shape index (κ1) is 21.8. The summed E-state index contributed by atoms with van der Waals surface area (Å²) in [5, 5.41) is 0. The Bertz CT molecular complexity index is 1150. The molecule has 0 spiro atoms. The molecular weight excluding hydrogens is 486 g/mol. The standard InChI is InChI=1S/C25H24BrN3O4/c1-3-27-14-18-19-20(23(32)28(22(19)31)13-15-7-5-4-6-8-15)25(2,24(27)33)29(18)21(30)16-9-11-17(26)12-10-16/h4-12,18-20H,3,13-14H2,1-2H3/t18?,19?,20?,25-/m1/s1. The number of imide groups is 1. The van der Waals surface area contributed by atoms with Crippen LogP contribution in [0.25, 0.3) is 0 Å². The minimum Gasteiger partial charge on any atom is -0.339 e. The molecule has 3 heterocycles. The third-order valence-electron chi connectivity index (χ3n) is 7.30. The average molecular weight is 510 g/mol. The van der Waals surface area contributed by atoms with Gasteiger partial charge in [0.25, 0.3) is 5.91 Å². The monoisotopic (exact) mass is 509 g/mol. The van der Waals surface area contributed by atoms with E-state index in [0.29, 0.717) is 12.1 Å². The molecule has 4 atom stereocenters. The molecule has 0 N–H and O–H groups in total. The number of amides is 4. The van der Waals surface area contributed by atoms with Crippen molar-refractivity contribution in [2.45, 2.75) is 32.0 Å². The van der Waals surface area contributed by atoms with Crippen molar-refractivity contribution < 1.29 is 19.2 Å².